The Hall–Kier alpha value is -1.05. The zero-order valence-corrected chi connectivity index (χ0v) is 14.0. The molecule has 0 aliphatic carbocycles. The summed E-state index contributed by atoms with van der Waals surface area (Å²) in [5.74, 6) is 0.332. The van der Waals surface area contributed by atoms with Crippen molar-refractivity contribution in [3.63, 3.8) is 0 Å². The van der Waals surface area contributed by atoms with Crippen molar-refractivity contribution in [2.75, 3.05) is 29.9 Å². The van der Waals surface area contributed by atoms with Gasteiger partial charge in [0.2, 0.25) is 5.91 Å². The summed E-state index contributed by atoms with van der Waals surface area (Å²) in [4.78, 5) is 25.0. The topological polar surface area (TPSA) is 69.6 Å². The first-order chi connectivity index (χ1) is 9.97. The van der Waals surface area contributed by atoms with E-state index in [9.17, 15) is 14.7 Å². The molecule has 1 amide bonds. The molecule has 2 N–H and O–H groups in total. The summed E-state index contributed by atoms with van der Waals surface area (Å²) < 4.78 is 0.986. The predicted octanol–water partition coefficient (Wildman–Crippen LogP) is 2.20. The Morgan fingerprint density at radius 3 is 2.95 bits per heavy atom. The van der Waals surface area contributed by atoms with E-state index >= 15 is 0 Å². The normalized spacial score (nSPS) is 19.2. The Morgan fingerprint density at radius 2 is 2.29 bits per heavy atom. The van der Waals surface area contributed by atoms with Gasteiger partial charge in [-0.3, -0.25) is 14.5 Å². The molecule has 1 heterocycles. The lowest BCUT2D eigenvalue weighted by Crippen LogP contribution is -2.50. The van der Waals surface area contributed by atoms with Crippen molar-refractivity contribution in [1.82, 2.24) is 4.90 Å². The van der Waals surface area contributed by atoms with Crippen LogP contribution in [0, 0.1) is 6.92 Å². The Kier molecular flexibility index (Phi) is 5.66. The first-order valence-corrected chi connectivity index (χ1v) is 8.53. The highest BCUT2D eigenvalue weighted by molar-refractivity contribution is 9.10. The number of carboxylic acids is 1. The first-order valence-electron chi connectivity index (χ1n) is 6.58. The molecular weight excluding hydrogens is 356 g/mol. The van der Waals surface area contributed by atoms with E-state index in [0.29, 0.717) is 12.3 Å². The summed E-state index contributed by atoms with van der Waals surface area (Å²) in [6, 6.07) is 4.99. The zero-order valence-electron chi connectivity index (χ0n) is 11.6. The third-order valence-electron chi connectivity index (χ3n) is 3.31. The maximum atomic E-state index is 12.1. The van der Waals surface area contributed by atoms with Crippen LogP contribution in [0.25, 0.3) is 0 Å². The van der Waals surface area contributed by atoms with Crippen molar-refractivity contribution in [2.45, 2.75) is 13.0 Å². The highest BCUT2D eigenvalue weighted by atomic mass is 79.9. The van der Waals surface area contributed by atoms with E-state index < -0.39 is 12.0 Å². The molecule has 0 saturated carbocycles. The minimum Gasteiger partial charge on any atom is -0.480 e. The minimum absolute atomic E-state index is 0.104. The molecule has 0 bridgehead atoms. The van der Waals surface area contributed by atoms with Crippen LogP contribution in [0.15, 0.2) is 22.7 Å². The third kappa shape index (κ3) is 4.46. The van der Waals surface area contributed by atoms with E-state index in [-0.39, 0.29) is 12.5 Å². The smallest absolute Gasteiger partial charge is 0.321 e. The summed E-state index contributed by atoms with van der Waals surface area (Å²) in [6.45, 7) is 2.67. The largest absolute Gasteiger partial charge is 0.480 e. The summed E-state index contributed by atoms with van der Waals surface area (Å²) in [7, 11) is 0. The SMILES string of the molecule is Cc1cc(NC(=O)CN2CCSCC2C(=O)O)ccc1Br. The van der Waals surface area contributed by atoms with Gasteiger partial charge in [0.15, 0.2) is 0 Å². The number of halogens is 1. The number of nitrogens with zero attached hydrogens (tertiary/aromatic N) is 1. The van der Waals surface area contributed by atoms with Crippen LogP contribution in [-0.4, -0.2) is 52.5 Å². The van der Waals surface area contributed by atoms with Gasteiger partial charge in [0.1, 0.15) is 6.04 Å². The van der Waals surface area contributed by atoms with Crippen LogP contribution in [-0.2, 0) is 9.59 Å². The van der Waals surface area contributed by atoms with Gasteiger partial charge in [0, 0.05) is 28.2 Å². The van der Waals surface area contributed by atoms with Crippen LogP contribution in [0.5, 0.6) is 0 Å². The number of nitrogens with one attached hydrogen (secondary N) is 1. The standard InChI is InChI=1S/C14H17BrN2O3S/c1-9-6-10(2-3-11(9)15)16-13(18)7-17-4-5-21-8-12(17)14(19)20/h2-3,6,12H,4-5,7-8H2,1H3,(H,16,18)(H,19,20). The summed E-state index contributed by atoms with van der Waals surface area (Å²) in [6.07, 6.45) is 0. The van der Waals surface area contributed by atoms with Gasteiger partial charge in [-0.25, -0.2) is 0 Å². The maximum absolute atomic E-state index is 12.1. The van der Waals surface area contributed by atoms with Crippen molar-refractivity contribution < 1.29 is 14.7 Å². The second-order valence-electron chi connectivity index (χ2n) is 4.91. The molecule has 5 nitrogen and oxygen atoms in total. The molecule has 7 heteroatoms. The number of rotatable bonds is 4. The highest BCUT2D eigenvalue weighted by Gasteiger charge is 2.30. The van der Waals surface area contributed by atoms with E-state index in [1.165, 1.54) is 0 Å². The molecule has 0 spiro atoms. The molecule has 2 rings (SSSR count). The summed E-state index contributed by atoms with van der Waals surface area (Å²) >= 11 is 5.02. The van der Waals surface area contributed by atoms with Crippen LogP contribution in [0.4, 0.5) is 5.69 Å². The van der Waals surface area contributed by atoms with Crippen molar-refractivity contribution in [3.05, 3.63) is 28.2 Å². The number of carbonyl (C=O) groups is 2. The molecular formula is C14H17BrN2O3S. The van der Waals surface area contributed by atoms with E-state index in [4.69, 9.17) is 0 Å². The number of benzene rings is 1. The number of hydrogen-bond donors (Lipinski definition) is 2. The van der Waals surface area contributed by atoms with Crippen molar-refractivity contribution in [2.24, 2.45) is 0 Å². The minimum atomic E-state index is -0.866. The number of amides is 1. The molecule has 1 aliphatic heterocycles. The number of thioether (sulfide) groups is 1. The molecule has 1 aliphatic rings. The molecule has 1 atom stereocenters. The van der Waals surface area contributed by atoms with Gasteiger partial charge in [-0.2, -0.15) is 11.8 Å². The molecule has 21 heavy (non-hydrogen) atoms. The van der Waals surface area contributed by atoms with E-state index in [2.05, 4.69) is 21.2 Å². The molecule has 114 valence electrons. The second-order valence-corrected chi connectivity index (χ2v) is 6.92. The molecule has 1 saturated heterocycles. The van der Waals surface area contributed by atoms with Gasteiger partial charge >= 0.3 is 5.97 Å². The molecule has 1 aromatic rings. The average molecular weight is 373 g/mol. The number of anilines is 1. The van der Waals surface area contributed by atoms with Crippen LogP contribution in [0.2, 0.25) is 0 Å². The quantitative estimate of drug-likeness (QED) is 0.847. The fourth-order valence-corrected chi connectivity index (χ4v) is 3.52. The van der Waals surface area contributed by atoms with Crippen molar-refractivity contribution >= 4 is 45.3 Å². The predicted molar refractivity (Wildman–Crippen MR) is 87.8 cm³/mol. The van der Waals surface area contributed by atoms with Crippen LogP contribution >= 0.6 is 27.7 Å². The number of aliphatic carboxylic acids is 1. The fraction of sp³-hybridized carbons (Fsp3) is 0.429. The summed E-state index contributed by atoms with van der Waals surface area (Å²) in [5.41, 5.74) is 1.75. The molecule has 1 fully saturated rings. The van der Waals surface area contributed by atoms with E-state index in [1.54, 1.807) is 16.7 Å². The Balaban J connectivity index is 1.97. The van der Waals surface area contributed by atoms with Gasteiger partial charge in [-0.05, 0) is 30.7 Å². The van der Waals surface area contributed by atoms with Gasteiger partial charge in [0.25, 0.3) is 0 Å². The Bertz CT molecular complexity index is 553. The Morgan fingerprint density at radius 1 is 1.52 bits per heavy atom. The zero-order chi connectivity index (χ0) is 15.4. The average Bonchev–Trinajstić information content (AvgIpc) is 2.43. The number of carboxylic acid groups (broad SMARTS) is 1. The van der Waals surface area contributed by atoms with Gasteiger partial charge < -0.3 is 10.4 Å². The van der Waals surface area contributed by atoms with Crippen LogP contribution in [0.1, 0.15) is 5.56 Å². The second kappa shape index (κ2) is 7.29. The molecule has 0 radical (unpaired) electrons. The lowest BCUT2D eigenvalue weighted by atomic mass is 10.2. The van der Waals surface area contributed by atoms with Crippen molar-refractivity contribution in [3.8, 4) is 0 Å². The van der Waals surface area contributed by atoms with Crippen LogP contribution in [0.3, 0.4) is 0 Å². The van der Waals surface area contributed by atoms with Crippen molar-refractivity contribution in [1.29, 1.82) is 0 Å². The number of hydrogen-bond acceptors (Lipinski definition) is 4. The maximum Gasteiger partial charge on any atom is 0.321 e. The Labute approximate surface area is 136 Å². The van der Waals surface area contributed by atoms with Gasteiger partial charge in [-0.1, -0.05) is 15.9 Å². The third-order valence-corrected chi connectivity index (χ3v) is 5.23. The van der Waals surface area contributed by atoms with Gasteiger partial charge in [0.05, 0.1) is 6.54 Å². The molecule has 1 unspecified atom stereocenters. The first kappa shape index (κ1) is 16.3. The lowest BCUT2D eigenvalue weighted by molar-refractivity contribution is -0.142. The molecule has 1 aromatic carbocycles. The highest BCUT2D eigenvalue weighted by Crippen LogP contribution is 2.20. The lowest BCUT2D eigenvalue weighted by Gasteiger charge is -2.31. The molecule has 0 aromatic heterocycles. The van der Waals surface area contributed by atoms with E-state index in [0.717, 1.165) is 21.5 Å². The van der Waals surface area contributed by atoms with E-state index in [1.807, 2.05) is 25.1 Å². The monoisotopic (exact) mass is 372 g/mol. The summed E-state index contributed by atoms with van der Waals surface area (Å²) in [5, 5.41) is 12.0. The van der Waals surface area contributed by atoms with Crippen LogP contribution < -0.4 is 5.32 Å². The fourth-order valence-electron chi connectivity index (χ4n) is 2.16. The number of carbonyl (C=O) groups excluding carboxylic acids is 1. The van der Waals surface area contributed by atoms with Gasteiger partial charge in [-0.15, -0.1) is 0 Å². The number of aryl methyl sites for hydroxylation is 1.